The quantitative estimate of drug-likeness (QED) is 0.468. The average Bonchev–Trinajstić information content (AvgIpc) is 3.24. The predicted molar refractivity (Wildman–Crippen MR) is 121 cm³/mol. The molecule has 0 spiro atoms. The summed E-state index contributed by atoms with van der Waals surface area (Å²) in [6, 6.07) is 16.4. The van der Waals surface area contributed by atoms with Gasteiger partial charge in [-0.05, 0) is 38.1 Å². The van der Waals surface area contributed by atoms with Crippen LogP contribution in [-0.2, 0) is 14.3 Å². The molecule has 0 aliphatic carbocycles. The van der Waals surface area contributed by atoms with E-state index in [4.69, 9.17) is 9.15 Å². The number of carbonyl (C=O) groups excluding carboxylic acids is 4. The second-order valence-corrected chi connectivity index (χ2v) is 7.76. The molecule has 4 rings (SSSR count). The minimum Gasteiger partial charge on any atom is -0.450 e. The number of nitrogens with zero attached hydrogens (tertiary/aromatic N) is 1. The third-order valence-corrected chi connectivity index (χ3v) is 5.34. The molecule has 1 aliphatic heterocycles. The number of benzene rings is 2. The normalized spacial score (nSPS) is 15.3. The summed E-state index contributed by atoms with van der Waals surface area (Å²) in [5, 5.41) is 2.78. The second-order valence-electron chi connectivity index (χ2n) is 7.76. The van der Waals surface area contributed by atoms with Crippen molar-refractivity contribution in [2.45, 2.75) is 26.3 Å². The Labute approximate surface area is 190 Å². The fraction of sp³-hybridized carbons (Fsp3) is 0.200. The van der Waals surface area contributed by atoms with Crippen molar-refractivity contribution in [1.82, 2.24) is 0 Å². The molecule has 0 fully saturated rings. The molecular formula is C25H22N2O6. The molecule has 2 amide bonds. The standard InChI is InChI=1S/C25H22N2O6/c1-15-13-23(29)26-19-5-3-4-6-20(19)27(15)24(30)14-32-25(31)22-12-11-21(33-22)18-9-7-17(8-10-18)16(2)28/h3-12,15H,13-14H2,1-2H3,(H,26,29). The number of furan rings is 1. The number of esters is 1. The number of rotatable bonds is 5. The lowest BCUT2D eigenvalue weighted by Gasteiger charge is -2.27. The summed E-state index contributed by atoms with van der Waals surface area (Å²) in [6.45, 7) is 2.74. The number of nitrogens with one attached hydrogen (secondary N) is 1. The Morgan fingerprint density at radius 1 is 1.06 bits per heavy atom. The van der Waals surface area contributed by atoms with E-state index >= 15 is 0 Å². The highest BCUT2D eigenvalue weighted by Gasteiger charge is 2.30. The van der Waals surface area contributed by atoms with Gasteiger partial charge in [-0.1, -0.05) is 36.4 Å². The first-order valence-corrected chi connectivity index (χ1v) is 10.4. The summed E-state index contributed by atoms with van der Waals surface area (Å²) in [4.78, 5) is 50.4. The Hall–Kier alpha value is -4.20. The topological polar surface area (TPSA) is 106 Å². The zero-order valence-electron chi connectivity index (χ0n) is 18.2. The molecule has 33 heavy (non-hydrogen) atoms. The first kappa shape index (κ1) is 22.0. The molecule has 0 saturated heterocycles. The van der Waals surface area contributed by atoms with Gasteiger partial charge in [-0.15, -0.1) is 0 Å². The molecule has 1 unspecified atom stereocenters. The predicted octanol–water partition coefficient (Wildman–Crippen LogP) is 4.07. The van der Waals surface area contributed by atoms with Crippen molar-refractivity contribution in [3.63, 3.8) is 0 Å². The van der Waals surface area contributed by atoms with Crippen LogP contribution in [0, 0.1) is 0 Å². The summed E-state index contributed by atoms with van der Waals surface area (Å²) in [5.41, 5.74) is 2.34. The third-order valence-electron chi connectivity index (χ3n) is 5.34. The van der Waals surface area contributed by atoms with E-state index in [0.717, 1.165) is 0 Å². The van der Waals surface area contributed by atoms with Gasteiger partial charge in [0.1, 0.15) is 5.76 Å². The molecule has 0 saturated carbocycles. The number of ether oxygens (including phenoxy) is 1. The van der Waals surface area contributed by atoms with Crippen molar-refractivity contribution >= 4 is 34.9 Å². The largest absolute Gasteiger partial charge is 0.450 e. The van der Waals surface area contributed by atoms with Gasteiger partial charge in [0.15, 0.2) is 12.4 Å². The maximum absolute atomic E-state index is 12.9. The van der Waals surface area contributed by atoms with Crippen LogP contribution in [0.2, 0.25) is 0 Å². The van der Waals surface area contributed by atoms with Crippen LogP contribution in [0.15, 0.2) is 65.1 Å². The van der Waals surface area contributed by atoms with Crippen LogP contribution in [0.4, 0.5) is 11.4 Å². The number of para-hydroxylation sites is 2. The average molecular weight is 446 g/mol. The Balaban J connectivity index is 1.44. The zero-order valence-corrected chi connectivity index (χ0v) is 18.2. The van der Waals surface area contributed by atoms with E-state index in [9.17, 15) is 19.2 Å². The van der Waals surface area contributed by atoms with Crippen molar-refractivity contribution < 1.29 is 28.3 Å². The molecule has 0 radical (unpaired) electrons. The molecule has 1 aliphatic rings. The van der Waals surface area contributed by atoms with Gasteiger partial charge in [0.05, 0.1) is 11.4 Å². The molecule has 3 aromatic rings. The fourth-order valence-electron chi connectivity index (χ4n) is 3.71. The van der Waals surface area contributed by atoms with Crippen molar-refractivity contribution in [2.75, 3.05) is 16.8 Å². The van der Waals surface area contributed by atoms with Crippen molar-refractivity contribution in [1.29, 1.82) is 0 Å². The van der Waals surface area contributed by atoms with Gasteiger partial charge in [-0.25, -0.2) is 4.79 Å². The third kappa shape index (κ3) is 4.69. The maximum atomic E-state index is 12.9. The molecule has 1 atom stereocenters. The highest BCUT2D eigenvalue weighted by atomic mass is 16.5. The molecule has 8 nitrogen and oxygen atoms in total. The second kappa shape index (κ2) is 9.12. The van der Waals surface area contributed by atoms with Crippen molar-refractivity contribution in [3.8, 4) is 11.3 Å². The summed E-state index contributed by atoms with van der Waals surface area (Å²) in [7, 11) is 0. The number of Topliss-reactive ketones (excluding diaryl/α,β-unsaturated/α-hetero) is 1. The van der Waals surface area contributed by atoms with Crippen LogP contribution >= 0.6 is 0 Å². The lowest BCUT2D eigenvalue weighted by Crippen LogP contribution is -2.41. The molecule has 1 aromatic heterocycles. The molecule has 0 bridgehead atoms. The number of fused-ring (bicyclic) bond motifs is 1. The number of ketones is 1. The lowest BCUT2D eigenvalue weighted by molar-refractivity contribution is -0.122. The summed E-state index contributed by atoms with van der Waals surface area (Å²) in [6.07, 6.45) is 0.123. The van der Waals surface area contributed by atoms with E-state index in [-0.39, 0.29) is 23.9 Å². The SMILES string of the molecule is CC(=O)c1ccc(-c2ccc(C(=O)OCC(=O)N3c4ccccc4NC(=O)CC3C)o2)cc1. The van der Waals surface area contributed by atoms with Crippen LogP contribution in [0.1, 0.15) is 41.2 Å². The van der Waals surface area contributed by atoms with E-state index in [2.05, 4.69) is 5.32 Å². The van der Waals surface area contributed by atoms with E-state index in [0.29, 0.717) is 28.3 Å². The Morgan fingerprint density at radius 3 is 2.52 bits per heavy atom. The Kier molecular flexibility index (Phi) is 6.08. The van der Waals surface area contributed by atoms with Crippen molar-refractivity contribution in [2.24, 2.45) is 0 Å². The number of carbonyl (C=O) groups is 4. The maximum Gasteiger partial charge on any atom is 0.374 e. The lowest BCUT2D eigenvalue weighted by atomic mass is 10.1. The minimum atomic E-state index is -0.778. The van der Waals surface area contributed by atoms with Gasteiger partial charge >= 0.3 is 5.97 Å². The molecule has 8 heteroatoms. The fourth-order valence-corrected chi connectivity index (χ4v) is 3.71. The van der Waals surface area contributed by atoms with Gasteiger partial charge in [-0.2, -0.15) is 0 Å². The van der Waals surface area contributed by atoms with E-state index in [1.165, 1.54) is 17.9 Å². The highest BCUT2D eigenvalue weighted by molar-refractivity contribution is 6.05. The van der Waals surface area contributed by atoms with Gasteiger partial charge in [0.2, 0.25) is 11.7 Å². The Bertz CT molecular complexity index is 1230. The summed E-state index contributed by atoms with van der Waals surface area (Å²) in [5.74, 6) is -1.08. The number of hydrogen-bond donors (Lipinski definition) is 1. The van der Waals surface area contributed by atoms with Crippen molar-refractivity contribution in [3.05, 3.63) is 72.0 Å². The summed E-state index contributed by atoms with van der Waals surface area (Å²) >= 11 is 0. The number of amides is 2. The van der Waals surface area contributed by atoms with Gasteiger partial charge in [0, 0.05) is 23.6 Å². The first-order chi connectivity index (χ1) is 15.8. The molecular weight excluding hydrogens is 424 g/mol. The van der Waals surface area contributed by atoms with E-state index < -0.39 is 24.5 Å². The van der Waals surface area contributed by atoms with Crippen LogP contribution in [0.5, 0.6) is 0 Å². The number of hydrogen-bond acceptors (Lipinski definition) is 6. The van der Waals surface area contributed by atoms with Gasteiger partial charge < -0.3 is 19.4 Å². The smallest absolute Gasteiger partial charge is 0.374 e. The highest BCUT2D eigenvalue weighted by Crippen LogP contribution is 2.31. The van der Waals surface area contributed by atoms with E-state index in [1.807, 2.05) is 0 Å². The van der Waals surface area contributed by atoms with E-state index in [1.54, 1.807) is 61.5 Å². The Morgan fingerprint density at radius 2 is 1.79 bits per heavy atom. The minimum absolute atomic E-state index is 0.0450. The molecule has 168 valence electrons. The van der Waals surface area contributed by atoms with Gasteiger partial charge in [0.25, 0.3) is 5.91 Å². The van der Waals surface area contributed by atoms with Crippen LogP contribution < -0.4 is 10.2 Å². The summed E-state index contributed by atoms with van der Waals surface area (Å²) < 4.78 is 10.8. The van der Waals surface area contributed by atoms with Crippen LogP contribution in [-0.4, -0.2) is 36.2 Å². The monoisotopic (exact) mass is 446 g/mol. The molecule has 2 heterocycles. The number of anilines is 2. The van der Waals surface area contributed by atoms with Crippen LogP contribution in [0.25, 0.3) is 11.3 Å². The molecule has 1 N–H and O–H groups in total. The van der Waals surface area contributed by atoms with Crippen LogP contribution in [0.3, 0.4) is 0 Å². The zero-order chi connectivity index (χ0) is 23.5. The first-order valence-electron chi connectivity index (χ1n) is 10.4. The van der Waals surface area contributed by atoms with Gasteiger partial charge in [-0.3, -0.25) is 14.4 Å². The molecule has 2 aromatic carbocycles.